The summed E-state index contributed by atoms with van der Waals surface area (Å²) >= 11 is 3.41. The molecule has 0 aromatic heterocycles. The lowest BCUT2D eigenvalue weighted by atomic mass is 9.96. The molecule has 0 saturated carbocycles. The van der Waals surface area contributed by atoms with Gasteiger partial charge in [-0.15, -0.1) is 0 Å². The van der Waals surface area contributed by atoms with Crippen molar-refractivity contribution in [3.05, 3.63) is 69.7 Å². The number of nitrogens with zero attached hydrogens (tertiary/aromatic N) is 5. The third kappa shape index (κ3) is 31.8. The molecule has 4 atom stereocenters. The van der Waals surface area contributed by atoms with Crippen molar-refractivity contribution in [1.82, 2.24) is 51.1 Å². The normalized spacial score (nSPS) is 15.3. The number of carboxylic acid groups (broad SMARTS) is 6. The minimum Gasteiger partial charge on any atom is -0.481 e. The van der Waals surface area contributed by atoms with Crippen LogP contribution in [0.5, 0.6) is 0 Å². The van der Waals surface area contributed by atoms with Gasteiger partial charge in [0.25, 0.3) is 0 Å². The van der Waals surface area contributed by atoms with Crippen molar-refractivity contribution in [2.75, 3.05) is 98.2 Å². The summed E-state index contributed by atoms with van der Waals surface area (Å²) in [5.74, 6) is -8.75. The van der Waals surface area contributed by atoms with E-state index in [0.29, 0.717) is 44.6 Å². The zero-order valence-corrected chi connectivity index (χ0v) is 51.7. The number of halogens is 1. The fraction of sp³-hybridized carbons (Fsp3) is 0.610. The molecule has 484 valence electrons. The Kier molecular flexibility index (Phi) is 34.2. The van der Waals surface area contributed by atoms with Crippen LogP contribution in [0.3, 0.4) is 0 Å². The Labute approximate surface area is 516 Å². The minimum absolute atomic E-state index is 0.0715. The van der Waals surface area contributed by atoms with E-state index < -0.39 is 90.5 Å². The molecule has 1 saturated heterocycles. The van der Waals surface area contributed by atoms with E-state index >= 15 is 0 Å². The first kappa shape index (κ1) is 74.0. The summed E-state index contributed by atoms with van der Waals surface area (Å²) in [6.07, 6.45) is 2.32. The number of carbonyl (C=O) groups excluding carboxylic acids is 5. The maximum atomic E-state index is 14.0. The third-order valence-electron chi connectivity index (χ3n) is 14.5. The summed E-state index contributed by atoms with van der Waals surface area (Å²) in [4.78, 5) is 146. The molecule has 6 amide bonds. The molecule has 1 aliphatic heterocycles. The predicted octanol–water partition coefficient (Wildman–Crippen LogP) is 2.55. The van der Waals surface area contributed by atoms with Crippen molar-refractivity contribution < 1.29 is 83.4 Å². The van der Waals surface area contributed by atoms with E-state index in [1.807, 2.05) is 55.5 Å². The van der Waals surface area contributed by atoms with Crippen molar-refractivity contribution in [2.45, 2.75) is 128 Å². The number of rotatable bonds is 38. The lowest BCUT2D eigenvalue weighted by Crippen LogP contribution is -2.52. The van der Waals surface area contributed by atoms with Gasteiger partial charge in [-0.1, -0.05) is 66.2 Å². The fourth-order valence-corrected chi connectivity index (χ4v) is 9.95. The Balaban J connectivity index is 1.70. The first-order valence-electron chi connectivity index (χ1n) is 29.5. The van der Waals surface area contributed by atoms with Gasteiger partial charge in [-0.05, 0) is 106 Å². The van der Waals surface area contributed by atoms with Crippen molar-refractivity contribution in [3.8, 4) is 0 Å². The van der Waals surface area contributed by atoms with Crippen molar-refractivity contribution in [3.63, 3.8) is 0 Å². The van der Waals surface area contributed by atoms with Gasteiger partial charge in [0.05, 0.1) is 32.1 Å². The summed E-state index contributed by atoms with van der Waals surface area (Å²) in [5.41, 5.74) is 2.88. The monoisotopic (exact) mass is 1290 g/mol. The Morgan fingerprint density at radius 1 is 0.494 bits per heavy atom. The molecule has 0 spiro atoms. The van der Waals surface area contributed by atoms with Gasteiger partial charge in [-0.25, -0.2) is 14.4 Å². The molecule has 2 aromatic rings. The van der Waals surface area contributed by atoms with Crippen LogP contribution in [0, 0.1) is 5.92 Å². The van der Waals surface area contributed by atoms with Gasteiger partial charge in [0.1, 0.15) is 18.1 Å². The topological polar surface area (TPSA) is 386 Å². The van der Waals surface area contributed by atoms with Crippen molar-refractivity contribution in [1.29, 1.82) is 0 Å². The predicted molar refractivity (Wildman–Crippen MR) is 323 cm³/mol. The number of carbonyl (C=O) groups is 11. The maximum Gasteiger partial charge on any atom is 0.326 e. The quantitative estimate of drug-likeness (QED) is 0.0430. The highest BCUT2D eigenvalue weighted by Gasteiger charge is 2.28. The molecule has 0 bridgehead atoms. The number of amides is 6. The number of unbranched alkanes of at least 4 members (excludes halogenated alkanes) is 3. The van der Waals surface area contributed by atoms with Crippen LogP contribution < -0.4 is 26.6 Å². The lowest BCUT2D eigenvalue weighted by Gasteiger charge is -2.33. The minimum atomic E-state index is -1.57. The van der Waals surface area contributed by atoms with Gasteiger partial charge in [0, 0.05) is 95.9 Å². The lowest BCUT2D eigenvalue weighted by molar-refractivity contribution is -0.141. The molecule has 0 aliphatic carbocycles. The number of hydrogen-bond donors (Lipinski definition) is 11. The van der Waals surface area contributed by atoms with Crippen LogP contribution in [0.2, 0.25) is 0 Å². The number of benzene rings is 2. The third-order valence-corrected chi connectivity index (χ3v) is 15.1. The molecule has 1 unspecified atom stereocenters. The summed E-state index contributed by atoms with van der Waals surface area (Å²) in [7, 11) is 0. The number of urea groups is 1. The number of aliphatic carboxylic acids is 6. The average Bonchev–Trinajstić information content (AvgIpc) is 3.61. The van der Waals surface area contributed by atoms with E-state index in [4.69, 9.17) is 5.11 Å². The van der Waals surface area contributed by atoms with Gasteiger partial charge < -0.3 is 62.1 Å². The molecule has 27 nitrogen and oxygen atoms in total. The number of nitrogens with one attached hydrogen (secondary N) is 5. The number of carboxylic acids is 6. The molecule has 11 N–H and O–H groups in total. The highest BCUT2D eigenvalue weighted by atomic mass is 79.9. The van der Waals surface area contributed by atoms with E-state index in [2.05, 4.69) is 56.4 Å². The fourth-order valence-electron chi connectivity index (χ4n) is 9.69. The van der Waals surface area contributed by atoms with Crippen LogP contribution in [0.4, 0.5) is 4.79 Å². The molecule has 3 rings (SSSR count). The molecular weight excluding hydrogens is 1200 g/mol. The molecule has 87 heavy (non-hydrogen) atoms. The Morgan fingerprint density at radius 3 is 1.43 bits per heavy atom. The van der Waals surface area contributed by atoms with Gasteiger partial charge >= 0.3 is 41.8 Å². The Hall–Kier alpha value is -7.27. The maximum absolute atomic E-state index is 14.0. The second kappa shape index (κ2) is 40.2. The first-order chi connectivity index (χ1) is 41.3. The zero-order valence-electron chi connectivity index (χ0n) is 50.1. The van der Waals surface area contributed by atoms with E-state index in [1.165, 1.54) is 5.56 Å². The summed E-state index contributed by atoms with van der Waals surface area (Å²) in [6.45, 7) is 7.19. The SMILES string of the molecule is CC(C)Cc1ccc(C(C)C(=O)NCCCC[C@H](NC(=O)CN2CCN(CC(=O)O)CCN(CC(=O)O)CCN(CC(=O)O)CC2)C(=O)NCCCCC(=O)N(CCCC[C@H](NC(=O)N[C@@H](CCC(=O)O)C(=O)O)C(=O)O)Cc2ccc(Br)cc2)cc1. The number of hydrogen-bond acceptors (Lipinski definition) is 15. The molecule has 1 aliphatic rings. The summed E-state index contributed by atoms with van der Waals surface area (Å²) in [5, 5.41) is 70.1. The van der Waals surface area contributed by atoms with E-state index in [-0.39, 0.29) is 136 Å². The molecule has 28 heteroatoms. The van der Waals surface area contributed by atoms with E-state index in [9.17, 15) is 78.3 Å². The van der Waals surface area contributed by atoms with Crippen LogP contribution in [0.15, 0.2) is 53.0 Å². The standard InChI is InChI=1S/C59H89BrN10O17/c1-40(2)34-42-13-17-44(18-14-42)41(3)55(81)61-23-7-4-10-46(63-49(71)36-66-26-28-67(37-52(75)76)30-32-69(39-54(79)80)33-31-68(29-27-66)38-53(77)78)56(82)62-24-8-5-12-50(72)70(35-43-15-19-45(60)20-16-43)25-9-6-11-47(57(83)84)64-59(87)65-48(58(85)86)21-22-51(73)74/h13-20,40-41,46-48H,4-12,21-39H2,1-3H3,(H,61,81)(H,62,82)(H,63,71)(H,73,74)(H,75,76)(H,77,78)(H,79,80)(H,83,84)(H,85,86)(H2,64,65,87)/t41?,46-,47-,48-/m0/s1. The van der Waals surface area contributed by atoms with Gasteiger partial charge in [0.15, 0.2) is 0 Å². The van der Waals surface area contributed by atoms with Crippen LogP contribution >= 0.6 is 15.9 Å². The second-order valence-electron chi connectivity index (χ2n) is 22.3. The zero-order chi connectivity index (χ0) is 64.4. The van der Waals surface area contributed by atoms with Gasteiger partial charge in [0.2, 0.25) is 23.6 Å². The molecule has 1 fully saturated rings. The smallest absolute Gasteiger partial charge is 0.326 e. The van der Waals surface area contributed by atoms with Crippen molar-refractivity contribution >= 4 is 81.4 Å². The van der Waals surface area contributed by atoms with Gasteiger partial charge in [-0.2, -0.15) is 0 Å². The highest BCUT2D eigenvalue weighted by molar-refractivity contribution is 9.10. The molecule has 1 heterocycles. The van der Waals surface area contributed by atoms with Crippen LogP contribution in [-0.2, 0) is 60.9 Å². The van der Waals surface area contributed by atoms with Crippen LogP contribution in [-0.4, -0.2) is 237 Å². The van der Waals surface area contributed by atoms with Gasteiger partial charge in [-0.3, -0.25) is 58.0 Å². The van der Waals surface area contributed by atoms with Crippen LogP contribution in [0.25, 0.3) is 0 Å². The Bertz CT molecular complexity index is 2530. The Morgan fingerprint density at radius 2 is 0.943 bits per heavy atom. The largest absolute Gasteiger partial charge is 0.481 e. The van der Waals surface area contributed by atoms with E-state index in [0.717, 1.165) is 22.0 Å². The molecule has 0 radical (unpaired) electrons. The second-order valence-corrected chi connectivity index (χ2v) is 23.2. The van der Waals surface area contributed by atoms with E-state index in [1.54, 1.807) is 24.5 Å². The summed E-state index contributed by atoms with van der Waals surface area (Å²) < 4.78 is 0.824. The summed E-state index contributed by atoms with van der Waals surface area (Å²) in [6, 6.07) is 10.2. The molecule has 2 aromatic carbocycles. The first-order valence-corrected chi connectivity index (χ1v) is 30.3. The van der Waals surface area contributed by atoms with Crippen LogP contribution in [0.1, 0.15) is 114 Å². The average molecular weight is 1290 g/mol. The highest BCUT2D eigenvalue weighted by Crippen LogP contribution is 2.19. The molecular formula is C59H89BrN10O17. The van der Waals surface area contributed by atoms with Crippen molar-refractivity contribution in [2.24, 2.45) is 5.92 Å².